The highest BCUT2D eigenvalue weighted by atomic mass is 16.5. The third kappa shape index (κ3) is 2.92. The molecule has 0 saturated carbocycles. The largest absolute Gasteiger partial charge is 0.378 e. The summed E-state index contributed by atoms with van der Waals surface area (Å²) in [6.07, 6.45) is -0.295. The van der Waals surface area contributed by atoms with Gasteiger partial charge in [-0.25, -0.2) is 0 Å². The lowest BCUT2D eigenvalue weighted by atomic mass is 10.2. The molecule has 0 N–H and O–H groups in total. The van der Waals surface area contributed by atoms with Gasteiger partial charge in [0.1, 0.15) is 5.78 Å². The average Bonchev–Trinajstić information content (AvgIpc) is 2.17. The van der Waals surface area contributed by atoms with E-state index in [9.17, 15) is 14.4 Å². The summed E-state index contributed by atoms with van der Waals surface area (Å²) in [6.45, 7) is 3.08. The van der Waals surface area contributed by atoms with Gasteiger partial charge < -0.3 is 9.64 Å². The summed E-state index contributed by atoms with van der Waals surface area (Å²) >= 11 is 0. The zero-order valence-corrected chi connectivity index (χ0v) is 8.12. The van der Waals surface area contributed by atoms with E-state index >= 15 is 0 Å². The molecule has 1 aliphatic rings. The van der Waals surface area contributed by atoms with Crippen molar-refractivity contribution in [3.05, 3.63) is 0 Å². The van der Waals surface area contributed by atoms with Crippen LogP contribution in [0.4, 0.5) is 0 Å². The van der Waals surface area contributed by atoms with Crippen molar-refractivity contribution in [2.75, 3.05) is 26.3 Å². The molecule has 1 fully saturated rings. The molecule has 1 amide bonds. The first kappa shape index (κ1) is 10.8. The quantitative estimate of drug-likeness (QED) is 0.449. The van der Waals surface area contributed by atoms with Crippen molar-refractivity contribution >= 4 is 17.5 Å². The van der Waals surface area contributed by atoms with Crippen LogP contribution in [0.25, 0.3) is 0 Å². The molecule has 0 aromatic heterocycles. The minimum Gasteiger partial charge on any atom is -0.378 e. The lowest BCUT2D eigenvalue weighted by Gasteiger charge is -2.25. The number of hydrogen-bond donors (Lipinski definition) is 0. The Balaban J connectivity index is 2.46. The molecule has 1 aliphatic heterocycles. The van der Waals surface area contributed by atoms with Gasteiger partial charge in [0.05, 0.1) is 19.6 Å². The monoisotopic (exact) mass is 199 g/mol. The molecule has 0 spiro atoms. The topological polar surface area (TPSA) is 63.7 Å². The Hall–Kier alpha value is -1.23. The molecule has 0 atom stereocenters. The summed E-state index contributed by atoms with van der Waals surface area (Å²) in [5.41, 5.74) is 0. The maximum absolute atomic E-state index is 11.4. The first-order valence-electron chi connectivity index (χ1n) is 4.50. The van der Waals surface area contributed by atoms with Gasteiger partial charge in [-0.15, -0.1) is 0 Å². The predicted molar refractivity (Wildman–Crippen MR) is 47.7 cm³/mol. The van der Waals surface area contributed by atoms with Crippen LogP contribution in [0.1, 0.15) is 13.3 Å². The minimum absolute atomic E-state index is 0.281. The molecule has 5 heteroatoms. The number of carbonyl (C=O) groups is 3. The van der Waals surface area contributed by atoms with E-state index < -0.39 is 11.7 Å². The van der Waals surface area contributed by atoms with Gasteiger partial charge in [0, 0.05) is 13.1 Å². The summed E-state index contributed by atoms with van der Waals surface area (Å²) in [5.74, 6) is -1.47. The van der Waals surface area contributed by atoms with Crippen LogP contribution in [0.3, 0.4) is 0 Å². The summed E-state index contributed by atoms with van der Waals surface area (Å²) in [7, 11) is 0. The van der Waals surface area contributed by atoms with Gasteiger partial charge in [0.25, 0.3) is 5.91 Å². The van der Waals surface area contributed by atoms with E-state index in [0.29, 0.717) is 26.3 Å². The molecule has 0 aromatic carbocycles. The number of carbonyl (C=O) groups excluding carboxylic acids is 3. The Labute approximate surface area is 82.0 Å². The summed E-state index contributed by atoms with van der Waals surface area (Å²) < 4.78 is 5.04. The molecule has 1 rings (SSSR count). The van der Waals surface area contributed by atoms with Crippen LogP contribution in [0.5, 0.6) is 0 Å². The smallest absolute Gasteiger partial charge is 0.290 e. The lowest BCUT2D eigenvalue weighted by molar-refractivity contribution is -0.148. The minimum atomic E-state index is -0.626. The molecule has 1 saturated heterocycles. The molecule has 78 valence electrons. The number of ether oxygens (including phenoxy) is 1. The van der Waals surface area contributed by atoms with Crippen LogP contribution in [0, 0.1) is 0 Å². The van der Waals surface area contributed by atoms with E-state index in [2.05, 4.69) is 0 Å². The normalized spacial score (nSPS) is 16.5. The van der Waals surface area contributed by atoms with Crippen molar-refractivity contribution in [3.63, 3.8) is 0 Å². The summed E-state index contributed by atoms with van der Waals surface area (Å²) in [6, 6.07) is 0. The van der Waals surface area contributed by atoms with Gasteiger partial charge in [-0.3, -0.25) is 14.4 Å². The molecule has 5 nitrogen and oxygen atoms in total. The summed E-state index contributed by atoms with van der Waals surface area (Å²) in [4.78, 5) is 34.7. The molecular formula is C9H13NO4. The van der Waals surface area contributed by atoms with E-state index in [0.717, 1.165) is 0 Å². The second kappa shape index (κ2) is 4.85. The average molecular weight is 199 g/mol. The van der Waals surface area contributed by atoms with Crippen LogP contribution in [0.2, 0.25) is 0 Å². The van der Waals surface area contributed by atoms with Crippen molar-refractivity contribution in [2.45, 2.75) is 13.3 Å². The van der Waals surface area contributed by atoms with Crippen LogP contribution >= 0.6 is 0 Å². The Morgan fingerprint density at radius 2 is 1.79 bits per heavy atom. The fourth-order valence-electron chi connectivity index (χ4n) is 1.24. The van der Waals surface area contributed by atoms with E-state index in [1.807, 2.05) is 0 Å². The molecular weight excluding hydrogens is 186 g/mol. The molecule has 0 radical (unpaired) electrons. The first-order chi connectivity index (χ1) is 6.61. The van der Waals surface area contributed by atoms with Crippen LogP contribution in [-0.4, -0.2) is 48.7 Å². The van der Waals surface area contributed by atoms with Gasteiger partial charge in [-0.05, 0) is 6.92 Å². The maximum Gasteiger partial charge on any atom is 0.290 e. The van der Waals surface area contributed by atoms with E-state index in [1.54, 1.807) is 0 Å². The predicted octanol–water partition coefficient (Wildman–Crippen LogP) is -0.607. The number of ketones is 2. The van der Waals surface area contributed by atoms with E-state index in [4.69, 9.17) is 4.74 Å². The summed E-state index contributed by atoms with van der Waals surface area (Å²) in [5, 5.41) is 0. The number of morpholine rings is 1. The number of hydrogen-bond acceptors (Lipinski definition) is 4. The van der Waals surface area contributed by atoms with Gasteiger partial charge in [0.15, 0.2) is 0 Å². The highest BCUT2D eigenvalue weighted by molar-refractivity contribution is 6.39. The Morgan fingerprint density at radius 3 is 2.29 bits per heavy atom. The highest BCUT2D eigenvalue weighted by Gasteiger charge is 2.23. The number of Topliss-reactive ketones (excluding diaryl/α,β-unsaturated/α-hetero) is 2. The fraction of sp³-hybridized carbons (Fsp3) is 0.667. The highest BCUT2D eigenvalue weighted by Crippen LogP contribution is 2.00. The zero-order chi connectivity index (χ0) is 10.6. The van der Waals surface area contributed by atoms with Crippen LogP contribution in [-0.2, 0) is 19.1 Å². The van der Waals surface area contributed by atoms with Gasteiger partial charge in [-0.1, -0.05) is 0 Å². The maximum atomic E-state index is 11.4. The third-order valence-corrected chi connectivity index (χ3v) is 1.95. The zero-order valence-electron chi connectivity index (χ0n) is 8.12. The number of amides is 1. The fourth-order valence-corrected chi connectivity index (χ4v) is 1.24. The van der Waals surface area contributed by atoms with Crippen LogP contribution < -0.4 is 0 Å². The second-order valence-corrected chi connectivity index (χ2v) is 3.21. The van der Waals surface area contributed by atoms with E-state index in [1.165, 1.54) is 11.8 Å². The number of nitrogens with zero attached hydrogens (tertiary/aromatic N) is 1. The first-order valence-corrected chi connectivity index (χ1v) is 4.50. The van der Waals surface area contributed by atoms with Crippen molar-refractivity contribution in [3.8, 4) is 0 Å². The molecule has 0 aliphatic carbocycles. The molecule has 0 unspecified atom stereocenters. The van der Waals surface area contributed by atoms with Gasteiger partial charge in [0.2, 0.25) is 5.78 Å². The molecule has 0 aromatic rings. The van der Waals surface area contributed by atoms with E-state index in [-0.39, 0.29) is 12.2 Å². The van der Waals surface area contributed by atoms with Crippen molar-refractivity contribution in [1.29, 1.82) is 0 Å². The van der Waals surface area contributed by atoms with Gasteiger partial charge in [-0.2, -0.15) is 0 Å². The molecule has 14 heavy (non-hydrogen) atoms. The van der Waals surface area contributed by atoms with Crippen LogP contribution in [0.15, 0.2) is 0 Å². The standard InChI is InChI=1S/C9H13NO4/c1-7(11)6-8(12)9(13)10-2-4-14-5-3-10/h2-6H2,1H3. The Bertz CT molecular complexity index is 256. The Kier molecular flexibility index (Phi) is 3.76. The molecule has 1 heterocycles. The number of rotatable bonds is 3. The van der Waals surface area contributed by atoms with Gasteiger partial charge >= 0.3 is 0 Å². The lowest BCUT2D eigenvalue weighted by Crippen LogP contribution is -2.44. The second-order valence-electron chi connectivity index (χ2n) is 3.21. The van der Waals surface area contributed by atoms with Crippen molar-refractivity contribution < 1.29 is 19.1 Å². The molecule has 0 bridgehead atoms. The third-order valence-electron chi connectivity index (χ3n) is 1.95. The SMILES string of the molecule is CC(=O)CC(=O)C(=O)N1CCOCC1. The van der Waals surface area contributed by atoms with Crippen molar-refractivity contribution in [2.24, 2.45) is 0 Å². The van der Waals surface area contributed by atoms with Crippen molar-refractivity contribution in [1.82, 2.24) is 4.90 Å². The Morgan fingerprint density at radius 1 is 1.21 bits per heavy atom.